The Morgan fingerprint density at radius 3 is 2.86 bits per heavy atom. The van der Waals surface area contributed by atoms with E-state index in [2.05, 4.69) is 37.3 Å². The van der Waals surface area contributed by atoms with E-state index in [0.29, 0.717) is 11.7 Å². The second kappa shape index (κ2) is 6.10. The Labute approximate surface area is 131 Å². The standard InChI is InChI=1S/C16H14BrN3O/c1-2-19-14-9-18-10-15(20-14)21-13-8-7-11-5-3-4-6-12(11)16(13)17/h3-10H,2H2,1H3,(H,19,20). The fourth-order valence-corrected chi connectivity index (χ4v) is 2.64. The van der Waals surface area contributed by atoms with E-state index in [1.807, 2.05) is 37.3 Å². The number of nitrogens with zero attached hydrogens (tertiary/aromatic N) is 2. The van der Waals surface area contributed by atoms with Gasteiger partial charge in [-0.05, 0) is 39.7 Å². The molecular formula is C16H14BrN3O. The molecule has 3 rings (SSSR count). The number of fused-ring (bicyclic) bond motifs is 1. The summed E-state index contributed by atoms with van der Waals surface area (Å²) in [4.78, 5) is 8.49. The van der Waals surface area contributed by atoms with Crippen molar-refractivity contribution in [1.82, 2.24) is 9.97 Å². The lowest BCUT2D eigenvalue weighted by Gasteiger charge is -2.10. The SMILES string of the molecule is CCNc1cncc(Oc2ccc3ccccc3c2Br)n1. The van der Waals surface area contributed by atoms with Crippen LogP contribution in [-0.4, -0.2) is 16.5 Å². The summed E-state index contributed by atoms with van der Waals surface area (Å²) in [5.41, 5.74) is 0. The number of aromatic nitrogens is 2. The molecule has 21 heavy (non-hydrogen) atoms. The molecule has 0 saturated carbocycles. The fraction of sp³-hybridized carbons (Fsp3) is 0.125. The van der Waals surface area contributed by atoms with Crippen LogP contribution in [0.25, 0.3) is 10.8 Å². The highest BCUT2D eigenvalue weighted by Crippen LogP contribution is 2.35. The Morgan fingerprint density at radius 2 is 2.00 bits per heavy atom. The minimum atomic E-state index is 0.462. The number of nitrogens with one attached hydrogen (secondary N) is 1. The third kappa shape index (κ3) is 2.97. The second-order valence-corrected chi connectivity index (χ2v) is 5.27. The topological polar surface area (TPSA) is 47.0 Å². The maximum absolute atomic E-state index is 5.84. The summed E-state index contributed by atoms with van der Waals surface area (Å²) in [7, 11) is 0. The smallest absolute Gasteiger partial charge is 0.239 e. The number of ether oxygens (including phenoxy) is 1. The van der Waals surface area contributed by atoms with Crippen LogP contribution in [0.3, 0.4) is 0 Å². The summed E-state index contributed by atoms with van der Waals surface area (Å²) < 4.78 is 6.76. The molecule has 0 atom stereocenters. The fourth-order valence-electron chi connectivity index (χ4n) is 2.07. The van der Waals surface area contributed by atoms with E-state index in [1.54, 1.807) is 12.4 Å². The van der Waals surface area contributed by atoms with Crippen LogP contribution in [0.2, 0.25) is 0 Å². The average molecular weight is 344 g/mol. The molecule has 0 saturated heterocycles. The zero-order valence-corrected chi connectivity index (χ0v) is 13.1. The molecule has 4 nitrogen and oxygen atoms in total. The van der Waals surface area contributed by atoms with Gasteiger partial charge in [-0.2, -0.15) is 4.98 Å². The predicted octanol–water partition coefficient (Wildman–Crippen LogP) is 4.62. The molecule has 0 aliphatic rings. The molecule has 0 amide bonds. The molecule has 1 N–H and O–H groups in total. The molecule has 3 aromatic rings. The van der Waals surface area contributed by atoms with Gasteiger partial charge in [-0.1, -0.05) is 30.3 Å². The van der Waals surface area contributed by atoms with Crippen LogP contribution in [-0.2, 0) is 0 Å². The first-order valence-corrected chi connectivity index (χ1v) is 7.48. The Hall–Kier alpha value is -2.14. The van der Waals surface area contributed by atoms with E-state index in [-0.39, 0.29) is 0 Å². The van der Waals surface area contributed by atoms with Crippen molar-refractivity contribution in [3.8, 4) is 11.6 Å². The molecule has 0 aliphatic carbocycles. The molecule has 0 bridgehead atoms. The van der Waals surface area contributed by atoms with E-state index in [9.17, 15) is 0 Å². The Morgan fingerprint density at radius 1 is 1.14 bits per heavy atom. The van der Waals surface area contributed by atoms with Gasteiger partial charge < -0.3 is 10.1 Å². The summed E-state index contributed by atoms with van der Waals surface area (Å²) in [5.74, 6) is 1.88. The molecule has 0 aliphatic heterocycles. The van der Waals surface area contributed by atoms with Gasteiger partial charge in [0, 0.05) is 6.54 Å². The van der Waals surface area contributed by atoms with Gasteiger partial charge in [-0.3, -0.25) is 4.98 Å². The molecule has 0 spiro atoms. The molecule has 0 fully saturated rings. The number of anilines is 1. The van der Waals surface area contributed by atoms with E-state index in [1.165, 1.54) is 0 Å². The Balaban J connectivity index is 1.94. The van der Waals surface area contributed by atoms with Crippen LogP contribution < -0.4 is 10.1 Å². The molecule has 0 unspecified atom stereocenters. The van der Waals surface area contributed by atoms with Crippen molar-refractivity contribution in [1.29, 1.82) is 0 Å². The van der Waals surface area contributed by atoms with E-state index >= 15 is 0 Å². The first-order valence-electron chi connectivity index (χ1n) is 6.69. The minimum absolute atomic E-state index is 0.462. The molecular weight excluding hydrogens is 330 g/mol. The highest BCUT2D eigenvalue weighted by Gasteiger charge is 2.08. The van der Waals surface area contributed by atoms with Crippen molar-refractivity contribution >= 4 is 32.5 Å². The van der Waals surface area contributed by atoms with E-state index in [4.69, 9.17) is 4.74 Å². The van der Waals surface area contributed by atoms with Crippen molar-refractivity contribution < 1.29 is 4.74 Å². The van der Waals surface area contributed by atoms with E-state index < -0.39 is 0 Å². The van der Waals surface area contributed by atoms with E-state index in [0.717, 1.165) is 27.5 Å². The highest BCUT2D eigenvalue weighted by molar-refractivity contribution is 9.10. The number of hydrogen-bond acceptors (Lipinski definition) is 4. The molecule has 1 heterocycles. The van der Waals surface area contributed by atoms with Crippen LogP contribution in [0.4, 0.5) is 5.82 Å². The normalized spacial score (nSPS) is 10.6. The maximum atomic E-state index is 5.84. The van der Waals surface area contributed by atoms with Gasteiger partial charge in [-0.25, -0.2) is 0 Å². The number of rotatable bonds is 4. The Kier molecular flexibility index (Phi) is 4.01. The molecule has 2 aromatic carbocycles. The highest BCUT2D eigenvalue weighted by atomic mass is 79.9. The van der Waals surface area contributed by atoms with Crippen molar-refractivity contribution in [2.24, 2.45) is 0 Å². The van der Waals surface area contributed by atoms with Gasteiger partial charge in [0.1, 0.15) is 11.6 Å². The van der Waals surface area contributed by atoms with Gasteiger partial charge in [0.2, 0.25) is 5.88 Å². The van der Waals surface area contributed by atoms with Gasteiger partial charge in [-0.15, -0.1) is 0 Å². The zero-order chi connectivity index (χ0) is 14.7. The maximum Gasteiger partial charge on any atom is 0.239 e. The lowest BCUT2D eigenvalue weighted by molar-refractivity contribution is 0.459. The molecule has 1 aromatic heterocycles. The Bertz CT molecular complexity index is 776. The van der Waals surface area contributed by atoms with Crippen LogP contribution in [0.15, 0.2) is 53.3 Å². The predicted molar refractivity (Wildman–Crippen MR) is 87.9 cm³/mol. The largest absolute Gasteiger partial charge is 0.436 e. The first-order chi connectivity index (χ1) is 10.3. The van der Waals surface area contributed by atoms with Crippen LogP contribution in [0.5, 0.6) is 11.6 Å². The van der Waals surface area contributed by atoms with Crippen molar-refractivity contribution in [2.75, 3.05) is 11.9 Å². The quantitative estimate of drug-likeness (QED) is 0.750. The summed E-state index contributed by atoms with van der Waals surface area (Å²) in [5, 5.41) is 5.37. The first kappa shape index (κ1) is 13.8. The molecule has 106 valence electrons. The minimum Gasteiger partial charge on any atom is -0.436 e. The third-order valence-electron chi connectivity index (χ3n) is 3.01. The van der Waals surface area contributed by atoms with Crippen LogP contribution >= 0.6 is 15.9 Å². The van der Waals surface area contributed by atoms with Crippen molar-refractivity contribution in [3.05, 3.63) is 53.3 Å². The van der Waals surface area contributed by atoms with Crippen molar-refractivity contribution in [3.63, 3.8) is 0 Å². The lowest BCUT2D eigenvalue weighted by Crippen LogP contribution is -2.00. The molecule has 5 heteroatoms. The van der Waals surface area contributed by atoms with Crippen molar-refractivity contribution in [2.45, 2.75) is 6.92 Å². The molecule has 0 radical (unpaired) electrons. The van der Waals surface area contributed by atoms with Gasteiger partial charge in [0.25, 0.3) is 0 Å². The summed E-state index contributed by atoms with van der Waals surface area (Å²) in [6.45, 7) is 2.80. The number of hydrogen-bond donors (Lipinski definition) is 1. The second-order valence-electron chi connectivity index (χ2n) is 4.47. The number of benzene rings is 2. The lowest BCUT2D eigenvalue weighted by atomic mass is 10.1. The zero-order valence-electron chi connectivity index (χ0n) is 11.5. The number of halogens is 1. The van der Waals surface area contributed by atoms with Crippen LogP contribution in [0.1, 0.15) is 6.92 Å². The summed E-state index contributed by atoms with van der Waals surface area (Å²) >= 11 is 3.60. The average Bonchev–Trinajstić information content (AvgIpc) is 2.51. The van der Waals surface area contributed by atoms with Gasteiger partial charge >= 0.3 is 0 Å². The van der Waals surface area contributed by atoms with Gasteiger partial charge in [0.15, 0.2) is 0 Å². The van der Waals surface area contributed by atoms with Gasteiger partial charge in [0.05, 0.1) is 16.9 Å². The van der Waals surface area contributed by atoms with Crippen LogP contribution in [0, 0.1) is 0 Å². The third-order valence-corrected chi connectivity index (χ3v) is 3.83. The monoisotopic (exact) mass is 343 g/mol. The summed E-state index contributed by atoms with van der Waals surface area (Å²) in [6.07, 6.45) is 3.27. The summed E-state index contributed by atoms with van der Waals surface area (Å²) in [6, 6.07) is 12.1.